The number of carbonyl (C=O) groups excluding carboxylic acids is 1. The minimum Gasteiger partial charge on any atom is -0.508 e. The number of hydrogen-bond acceptors (Lipinski definition) is 2. The van der Waals surface area contributed by atoms with E-state index in [1.807, 2.05) is 39.0 Å². The summed E-state index contributed by atoms with van der Waals surface area (Å²) in [5.41, 5.74) is 4.77. The van der Waals surface area contributed by atoms with Crippen molar-refractivity contribution in [1.29, 1.82) is 0 Å². The largest absolute Gasteiger partial charge is 0.508 e. The van der Waals surface area contributed by atoms with Gasteiger partial charge in [0.1, 0.15) is 5.75 Å². The number of benzene rings is 2. The van der Waals surface area contributed by atoms with Crippen LogP contribution in [0, 0.1) is 20.8 Å². The molecule has 20 heavy (non-hydrogen) atoms. The van der Waals surface area contributed by atoms with Crippen LogP contribution in [0.4, 0.5) is 5.69 Å². The zero-order valence-electron chi connectivity index (χ0n) is 12.0. The topological polar surface area (TPSA) is 49.3 Å². The monoisotopic (exact) mass is 269 g/mol. The van der Waals surface area contributed by atoms with Gasteiger partial charge in [0.2, 0.25) is 5.91 Å². The van der Waals surface area contributed by atoms with Crippen LogP contribution >= 0.6 is 0 Å². The molecule has 0 fully saturated rings. The molecular weight excluding hydrogens is 250 g/mol. The van der Waals surface area contributed by atoms with E-state index in [-0.39, 0.29) is 18.1 Å². The van der Waals surface area contributed by atoms with Crippen LogP contribution in [-0.2, 0) is 11.2 Å². The first-order valence-corrected chi connectivity index (χ1v) is 6.62. The number of aromatic hydroxyl groups is 1. The Morgan fingerprint density at radius 3 is 2.30 bits per heavy atom. The Morgan fingerprint density at radius 2 is 1.70 bits per heavy atom. The van der Waals surface area contributed by atoms with Gasteiger partial charge < -0.3 is 10.4 Å². The Kier molecular flexibility index (Phi) is 4.08. The molecule has 0 aliphatic heterocycles. The number of carbonyl (C=O) groups is 1. The molecule has 0 aliphatic carbocycles. The third kappa shape index (κ3) is 3.18. The van der Waals surface area contributed by atoms with Gasteiger partial charge in [-0.2, -0.15) is 0 Å². The van der Waals surface area contributed by atoms with E-state index in [4.69, 9.17) is 0 Å². The van der Waals surface area contributed by atoms with E-state index in [0.29, 0.717) is 5.56 Å². The Bertz CT molecular complexity index is 624. The summed E-state index contributed by atoms with van der Waals surface area (Å²) in [5, 5.41) is 12.6. The predicted molar refractivity (Wildman–Crippen MR) is 81.1 cm³/mol. The molecular formula is C17H19NO2. The fourth-order valence-corrected chi connectivity index (χ4v) is 2.39. The van der Waals surface area contributed by atoms with Crippen molar-refractivity contribution in [2.24, 2.45) is 0 Å². The summed E-state index contributed by atoms with van der Waals surface area (Å²) in [6.45, 7) is 6.00. The van der Waals surface area contributed by atoms with E-state index in [2.05, 4.69) is 5.32 Å². The van der Waals surface area contributed by atoms with Crippen LogP contribution in [0.2, 0.25) is 0 Å². The number of para-hydroxylation sites is 1. The van der Waals surface area contributed by atoms with Gasteiger partial charge in [0.05, 0.1) is 6.42 Å². The molecule has 0 atom stereocenters. The Morgan fingerprint density at radius 1 is 1.10 bits per heavy atom. The van der Waals surface area contributed by atoms with Gasteiger partial charge in [-0.1, -0.05) is 35.9 Å². The van der Waals surface area contributed by atoms with Crippen molar-refractivity contribution in [2.45, 2.75) is 27.2 Å². The number of nitrogens with one attached hydrogen (secondary N) is 1. The van der Waals surface area contributed by atoms with Crippen LogP contribution in [0.25, 0.3) is 0 Å². The van der Waals surface area contributed by atoms with Gasteiger partial charge in [-0.15, -0.1) is 0 Å². The van der Waals surface area contributed by atoms with Gasteiger partial charge in [0.15, 0.2) is 0 Å². The van der Waals surface area contributed by atoms with Crippen molar-refractivity contribution in [1.82, 2.24) is 0 Å². The highest BCUT2D eigenvalue weighted by Gasteiger charge is 2.10. The molecule has 2 aromatic rings. The van der Waals surface area contributed by atoms with Crippen LogP contribution in [0.15, 0.2) is 36.4 Å². The smallest absolute Gasteiger partial charge is 0.228 e. The molecule has 104 valence electrons. The van der Waals surface area contributed by atoms with Crippen LogP contribution in [0.3, 0.4) is 0 Å². The summed E-state index contributed by atoms with van der Waals surface area (Å²) >= 11 is 0. The van der Waals surface area contributed by atoms with Crippen LogP contribution < -0.4 is 5.32 Å². The third-order valence-electron chi connectivity index (χ3n) is 3.28. The van der Waals surface area contributed by atoms with Crippen molar-refractivity contribution in [2.75, 3.05) is 5.32 Å². The maximum absolute atomic E-state index is 12.1. The molecule has 0 aliphatic rings. The standard InChI is InChI=1S/C17H19NO2/c1-11-8-12(2)17(13(3)9-11)18-16(20)10-14-6-4-5-7-15(14)19/h4-9,19H,10H2,1-3H3,(H,18,20). The number of hydrogen-bond donors (Lipinski definition) is 2. The van der Waals surface area contributed by atoms with E-state index < -0.39 is 0 Å². The lowest BCUT2D eigenvalue weighted by Gasteiger charge is -2.13. The minimum atomic E-state index is -0.124. The van der Waals surface area contributed by atoms with Gasteiger partial charge in [-0.3, -0.25) is 4.79 Å². The summed E-state index contributed by atoms with van der Waals surface area (Å²) in [5.74, 6) is 0.0292. The van der Waals surface area contributed by atoms with Crippen LogP contribution in [0.1, 0.15) is 22.3 Å². The number of amides is 1. The summed E-state index contributed by atoms with van der Waals surface area (Å²) in [6, 6.07) is 11.0. The first-order valence-electron chi connectivity index (χ1n) is 6.62. The maximum atomic E-state index is 12.1. The SMILES string of the molecule is Cc1cc(C)c(NC(=O)Cc2ccccc2O)c(C)c1. The molecule has 2 rings (SSSR count). The predicted octanol–water partition coefficient (Wildman–Crippen LogP) is 3.50. The lowest BCUT2D eigenvalue weighted by molar-refractivity contribution is -0.115. The molecule has 0 saturated carbocycles. The van der Waals surface area contributed by atoms with Crippen molar-refractivity contribution in [3.8, 4) is 5.75 Å². The van der Waals surface area contributed by atoms with Gasteiger partial charge in [0, 0.05) is 11.3 Å². The highest BCUT2D eigenvalue weighted by Crippen LogP contribution is 2.23. The van der Waals surface area contributed by atoms with E-state index >= 15 is 0 Å². The number of phenols is 1. The molecule has 0 spiro atoms. The lowest BCUT2D eigenvalue weighted by atomic mass is 10.0. The van der Waals surface area contributed by atoms with E-state index in [1.54, 1.807) is 18.2 Å². The van der Waals surface area contributed by atoms with E-state index in [0.717, 1.165) is 16.8 Å². The number of aryl methyl sites for hydroxylation is 3. The molecule has 2 aromatic carbocycles. The number of anilines is 1. The summed E-state index contributed by atoms with van der Waals surface area (Å²) < 4.78 is 0. The van der Waals surface area contributed by atoms with Gasteiger partial charge >= 0.3 is 0 Å². The highest BCUT2D eigenvalue weighted by molar-refractivity contribution is 5.94. The molecule has 3 heteroatoms. The van der Waals surface area contributed by atoms with Crippen LogP contribution in [-0.4, -0.2) is 11.0 Å². The normalized spacial score (nSPS) is 10.3. The highest BCUT2D eigenvalue weighted by atomic mass is 16.3. The second-order valence-electron chi connectivity index (χ2n) is 5.13. The molecule has 0 unspecified atom stereocenters. The van der Waals surface area contributed by atoms with Gasteiger partial charge in [-0.05, 0) is 38.0 Å². The van der Waals surface area contributed by atoms with Crippen molar-refractivity contribution in [3.05, 3.63) is 58.7 Å². The molecule has 1 amide bonds. The molecule has 0 saturated heterocycles. The molecule has 0 heterocycles. The Hall–Kier alpha value is -2.29. The lowest BCUT2D eigenvalue weighted by Crippen LogP contribution is -2.16. The van der Waals surface area contributed by atoms with Crippen molar-refractivity contribution >= 4 is 11.6 Å². The van der Waals surface area contributed by atoms with Crippen molar-refractivity contribution < 1.29 is 9.90 Å². The molecule has 0 bridgehead atoms. The van der Waals surface area contributed by atoms with Gasteiger partial charge in [0.25, 0.3) is 0 Å². The zero-order valence-corrected chi connectivity index (χ0v) is 12.0. The van der Waals surface area contributed by atoms with E-state index in [1.165, 1.54) is 5.56 Å². The third-order valence-corrected chi connectivity index (χ3v) is 3.28. The van der Waals surface area contributed by atoms with Gasteiger partial charge in [-0.25, -0.2) is 0 Å². The quantitative estimate of drug-likeness (QED) is 0.896. The molecule has 3 nitrogen and oxygen atoms in total. The fraction of sp³-hybridized carbons (Fsp3) is 0.235. The molecule has 2 N–H and O–H groups in total. The number of rotatable bonds is 3. The average molecular weight is 269 g/mol. The first kappa shape index (κ1) is 14.1. The first-order chi connectivity index (χ1) is 9.47. The van der Waals surface area contributed by atoms with Crippen molar-refractivity contribution in [3.63, 3.8) is 0 Å². The number of phenolic OH excluding ortho intramolecular Hbond substituents is 1. The maximum Gasteiger partial charge on any atom is 0.228 e. The second kappa shape index (κ2) is 5.78. The average Bonchev–Trinajstić information content (AvgIpc) is 2.36. The van der Waals surface area contributed by atoms with Crippen LogP contribution in [0.5, 0.6) is 5.75 Å². The Balaban J connectivity index is 2.15. The summed E-state index contributed by atoms with van der Waals surface area (Å²) in [6.07, 6.45) is 0.166. The molecule has 0 radical (unpaired) electrons. The van der Waals surface area contributed by atoms with E-state index in [9.17, 15) is 9.90 Å². The second-order valence-corrected chi connectivity index (χ2v) is 5.13. The summed E-state index contributed by atoms with van der Waals surface area (Å²) in [7, 11) is 0. The Labute approximate surface area is 119 Å². The molecule has 0 aromatic heterocycles. The minimum absolute atomic E-state index is 0.124. The fourth-order valence-electron chi connectivity index (χ4n) is 2.39. The summed E-state index contributed by atoms with van der Waals surface area (Å²) in [4.78, 5) is 12.1. The zero-order chi connectivity index (χ0) is 14.7.